The van der Waals surface area contributed by atoms with Crippen LogP contribution in [-0.4, -0.2) is 29.0 Å². The number of carbonyl (C=O) groups excluding carboxylic acids is 1. The molecule has 3 heterocycles. The first kappa shape index (κ1) is 9.30. The van der Waals surface area contributed by atoms with Crippen LogP contribution in [0.2, 0.25) is 0 Å². The molecule has 0 spiro atoms. The Hall–Kier alpha value is -0.940. The van der Waals surface area contributed by atoms with Crippen molar-refractivity contribution in [3.8, 4) is 0 Å². The molecule has 0 unspecified atom stereocenters. The quantitative estimate of drug-likeness (QED) is 0.778. The minimum absolute atomic E-state index is 0.0237. The molecule has 3 rings (SSSR count). The molecule has 2 N–H and O–H groups in total. The van der Waals surface area contributed by atoms with E-state index in [4.69, 9.17) is 0 Å². The van der Waals surface area contributed by atoms with Gasteiger partial charge in [-0.2, -0.15) is 0 Å². The van der Waals surface area contributed by atoms with E-state index in [0.29, 0.717) is 23.1 Å². The van der Waals surface area contributed by atoms with Crippen LogP contribution in [0.15, 0.2) is 11.6 Å². The maximum absolute atomic E-state index is 11.7. The van der Waals surface area contributed by atoms with Crippen molar-refractivity contribution in [3.05, 3.63) is 16.6 Å². The number of rotatable bonds is 2. The van der Waals surface area contributed by atoms with Gasteiger partial charge in [-0.15, -0.1) is 11.3 Å². The lowest BCUT2D eigenvalue weighted by molar-refractivity contribution is 0.0930. The molecule has 0 aliphatic carbocycles. The molecule has 2 bridgehead atoms. The summed E-state index contributed by atoms with van der Waals surface area (Å²) in [7, 11) is 0. The molecule has 15 heavy (non-hydrogen) atoms. The minimum Gasteiger partial charge on any atom is -0.346 e. The van der Waals surface area contributed by atoms with Gasteiger partial charge in [0.05, 0.1) is 0 Å². The van der Waals surface area contributed by atoms with Crippen molar-refractivity contribution in [2.45, 2.75) is 37.4 Å². The summed E-state index contributed by atoms with van der Waals surface area (Å²) < 4.78 is 0. The zero-order valence-corrected chi connectivity index (χ0v) is 9.09. The molecule has 4 nitrogen and oxygen atoms in total. The van der Waals surface area contributed by atoms with Gasteiger partial charge in [0.2, 0.25) is 0 Å². The third-order valence-corrected chi connectivity index (χ3v) is 4.01. The number of nitrogens with one attached hydrogen (secondary N) is 2. The Bertz CT molecular complexity index is 365. The standard InChI is InChI=1S/C10H13N3OS/c14-9(10-11-3-4-15-10)13-8-5-6-1-2-7(8)12-6/h3-4,6-8,12H,1-2,5H2,(H,13,14)/t6-,7+,8-/m1/s1. The smallest absolute Gasteiger partial charge is 0.280 e. The summed E-state index contributed by atoms with van der Waals surface area (Å²) in [6.07, 6.45) is 5.18. The van der Waals surface area contributed by atoms with Crippen LogP contribution in [-0.2, 0) is 0 Å². The predicted molar refractivity (Wildman–Crippen MR) is 57.9 cm³/mol. The number of aromatic nitrogens is 1. The van der Waals surface area contributed by atoms with Gasteiger partial charge in [0.15, 0.2) is 5.01 Å². The number of amides is 1. The molecule has 0 saturated carbocycles. The Labute approximate surface area is 92.1 Å². The first-order chi connectivity index (χ1) is 7.33. The van der Waals surface area contributed by atoms with Crippen molar-refractivity contribution in [1.29, 1.82) is 0 Å². The van der Waals surface area contributed by atoms with E-state index in [0.717, 1.165) is 6.42 Å². The highest BCUT2D eigenvalue weighted by Gasteiger charge is 2.39. The van der Waals surface area contributed by atoms with Gasteiger partial charge in [0, 0.05) is 29.7 Å². The lowest BCUT2D eigenvalue weighted by atomic mass is 9.95. The molecule has 2 fully saturated rings. The maximum Gasteiger partial charge on any atom is 0.280 e. The molecule has 1 aromatic heterocycles. The fourth-order valence-corrected chi connectivity index (χ4v) is 3.09. The molecule has 5 heteroatoms. The summed E-state index contributed by atoms with van der Waals surface area (Å²) in [5.74, 6) is -0.0237. The van der Waals surface area contributed by atoms with E-state index < -0.39 is 0 Å². The first-order valence-electron chi connectivity index (χ1n) is 5.29. The van der Waals surface area contributed by atoms with Gasteiger partial charge in [-0.25, -0.2) is 4.98 Å². The molecule has 3 atom stereocenters. The second-order valence-corrected chi connectivity index (χ2v) is 5.09. The maximum atomic E-state index is 11.7. The molecule has 1 aromatic rings. The minimum atomic E-state index is -0.0237. The van der Waals surface area contributed by atoms with Crippen LogP contribution in [0.3, 0.4) is 0 Å². The average molecular weight is 223 g/mol. The lowest BCUT2D eigenvalue weighted by Crippen LogP contribution is -2.42. The van der Waals surface area contributed by atoms with Crippen LogP contribution in [0.1, 0.15) is 29.1 Å². The normalized spacial score (nSPS) is 33.2. The highest BCUT2D eigenvalue weighted by atomic mass is 32.1. The van der Waals surface area contributed by atoms with Gasteiger partial charge in [-0.3, -0.25) is 4.79 Å². The van der Waals surface area contributed by atoms with Crippen LogP contribution in [0.25, 0.3) is 0 Å². The van der Waals surface area contributed by atoms with Crippen molar-refractivity contribution < 1.29 is 4.79 Å². The highest BCUT2D eigenvalue weighted by molar-refractivity contribution is 7.11. The van der Waals surface area contributed by atoms with Gasteiger partial charge in [0.25, 0.3) is 5.91 Å². The molecule has 80 valence electrons. The highest BCUT2D eigenvalue weighted by Crippen LogP contribution is 2.28. The Kier molecular flexibility index (Phi) is 2.21. The molecule has 2 saturated heterocycles. The van der Waals surface area contributed by atoms with E-state index in [1.165, 1.54) is 24.2 Å². The van der Waals surface area contributed by atoms with Crippen LogP contribution >= 0.6 is 11.3 Å². The van der Waals surface area contributed by atoms with Crippen molar-refractivity contribution in [2.75, 3.05) is 0 Å². The summed E-state index contributed by atoms with van der Waals surface area (Å²) >= 11 is 1.39. The Balaban J connectivity index is 1.64. The predicted octanol–water partition coefficient (Wildman–Crippen LogP) is 0.766. The molecule has 2 aliphatic heterocycles. The number of hydrogen-bond acceptors (Lipinski definition) is 4. The van der Waals surface area contributed by atoms with Crippen LogP contribution in [0, 0.1) is 0 Å². The van der Waals surface area contributed by atoms with Crippen molar-refractivity contribution in [1.82, 2.24) is 15.6 Å². The van der Waals surface area contributed by atoms with E-state index in [1.54, 1.807) is 6.20 Å². The van der Waals surface area contributed by atoms with Crippen molar-refractivity contribution >= 4 is 17.2 Å². The Morgan fingerprint density at radius 2 is 2.53 bits per heavy atom. The van der Waals surface area contributed by atoms with Crippen LogP contribution in [0.5, 0.6) is 0 Å². The SMILES string of the molecule is O=C(N[C@@H]1C[C@H]2CC[C@@H]1N2)c1nccs1. The monoisotopic (exact) mass is 223 g/mol. The summed E-state index contributed by atoms with van der Waals surface area (Å²) in [6, 6.07) is 1.41. The molecule has 0 aromatic carbocycles. The second-order valence-electron chi connectivity index (χ2n) is 4.20. The number of fused-ring (bicyclic) bond motifs is 2. The number of nitrogens with zero attached hydrogens (tertiary/aromatic N) is 1. The van der Waals surface area contributed by atoms with Gasteiger partial charge >= 0.3 is 0 Å². The van der Waals surface area contributed by atoms with E-state index in [-0.39, 0.29) is 5.91 Å². The fraction of sp³-hybridized carbons (Fsp3) is 0.600. The zero-order valence-electron chi connectivity index (χ0n) is 8.27. The number of carbonyl (C=O) groups is 1. The van der Waals surface area contributed by atoms with E-state index in [2.05, 4.69) is 15.6 Å². The summed E-state index contributed by atoms with van der Waals surface area (Å²) in [5.41, 5.74) is 0. The fourth-order valence-electron chi connectivity index (χ4n) is 2.55. The largest absolute Gasteiger partial charge is 0.346 e. The Morgan fingerprint density at radius 3 is 3.13 bits per heavy atom. The van der Waals surface area contributed by atoms with Crippen LogP contribution in [0.4, 0.5) is 0 Å². The summed E-state index contributed by atoms with van der Waals surface area (Å²) in [5, 5.41) is 8.95. The first-order valence-corrected chi connectivity index (χ1v) is 6.17. The van der Waals surface area contributed by atoms with E-state index in [1.807, 2.05) is 5.38 Å². The van der Waals surface area contributed by atoms with Crippen LogP contribution < -0.4 is 10.6 Å². The summed E-state index contributed by atoms with van der Waals surface area (Å²) in [4.78, 5) is 15.8. The topological polar surface area (TPSA) is 54.0 Å². The van der Waals surface area contributed by atoms with Gasteiger partial charge in [-0.1, -0.05) is 0 Å². The molecule has 2 aliphatic rings. The summed E-state index contributed by atoms with van der Waals surface area (Å²) in [6.45, 7) is 0. The van der Waals surface area contributed by atoms with Gasteiger partial charge < -0.3 is 10.6 Å². The third kappa shape index (κ3) is 1.66. The van der Waals surface area contributed by atoms with E-state index in [9.17, 15) is 4.79 Å². The number of thiazole rings is 1. The molecular weight excluding hydrogens is 210 g/mol. The Morgan fingerprint density at radius 1 is 1.60 bits per heavy atom. The average Bonchev–Trinajstić information content (AvgIpc) is 2.95. The number of hydrogen-bond donors (Lipinski definition) is 2. The zero-order chi connectivity index (χ0) is 10.3. The van der Waals surface area contributed by atoms with Crippen molar-refractivity contribution in [2.24, 2.45) is 0 Å². The third-order valence-electron chi connectivity index (χ3n) is 3.24. The second kappa shape index (κ2) is 3.57. The van der Waals surface area contributed by atoms with Gasteiger partial charge in [-0.05, 0) is 19.3 Å². The molecule has 1 amide bonds. The van der Waals surface area contributed by atoms with E-state index >= 15 is 0 Å². The molecule has 0 radical (unpaired) electrons. The lowest BCUT2D eigenvalue weighted by Gasteiger charge is -2.20. The van der Waals surface area contributed by atoms with Crippen molar-refractivity contribution in [3.63, 3.8) is 0 Å². The molecular formula is C10H13N3OS. The van der Waals surface area contributed by atoms with Gasteiger partial charge in [0.1, 0.15) is 0 Å².